The number of fused-ring (bicyclic) bond motifs is 5. The lowest BCUT2D eigenvalue weighted by molar-refractivity contribution is 0.409. The molecule has 3 saturated carbocycles. The van der Waals surface area contributed by atoms with Crippen LogP contribution in [0.3, 0.4) is 0 Å². The summed E-state index contributed by atoms with van der Waals surface area (Å²) in [5.41, 5.74) is 9.39. The second kappa shape index (κ2) is 4.34. The van der Waals surface area contributed by atoms with E-state index in [1.165, 1.54) is 30.4 Å². The lowest BCUT2D eigenvalue weighted by atomic mass is 9.93. The predicted molar refractivity (Wildman–Crippen MR) is 78.8 cm³/mol. The minimum absolute atomic E-state index is 0.408. The molecule has 102 valence electrons. The number of hydrogen-bond acceptors (Lipinski definition) is 1. The van der Waals surface area contributed by atoms with E-state index in [4.69, 9.17) is 5.73 Å². The molecule has 0 spiro atoms. The zero-order chi connectivity index (χ0) is 13.0. The van der Waals surface area contributed by atoms with E-state index in [-0.39, 0.29) is 0 Å². The zero-order valence-corrected chi connectivity index (χ0v) is 11.9. The van der Waals surface area contributed by atoms with Gasteiger partial charge in [-0.15, -0.1) is 0 Å². The summed E-state index contributed by atoms with van der Waals surface area (Å²) in [5, 5.41) is 0. The fraction of sp³-hybridized carbons (Fsp3) is 0.667. The molecule has 5 unspecified atom stereocenters. The standard InChI is InChI=1S/C18H25N/c1-2-11-3-5-12(6-4-11)9-15(19)18-16-13-7-8-14(10-13)17(16)18/h3-6,13-18H,2,7-10,19H2,1H3. The smallest absolute Gasteiger partial charge is 0.0113 e. The zero-order valence-electron chi connectivity index (χ0n) is 11.9. The molecule has 3 aliphatic rings. The molecule has 0 radical (unpaired) electrons. The van der Waals surface area contributed by atoms with E-state index in [1.807, 2.05) is 0 Å². The molecule has 0 amide bonds. The van der Waals surface area contributed by atoms with E-state index in [0.717, 1.165) is 42.4 Å². The van der Waals surface area contributed by atoms with E-state index in [1.54, 1.807) is 0 Å². The molecule has 1 heteroatoms. The van der Waals surface area contributed by atoms with Gasteiger partial charge in [-0.1, -0.05) is 31.2 Å². The summed E-state index contributed by atoms with van der Waals surface area (Å²) in [6.07, 6.45) is 6.74. The first kappa shape index (κ1) is 12.0. The van der Waals surface area contributed by atoms with Crippen LogP contribution in [0.1, 0.15) is 37.3 Å². The van der Waals surface area contributed by atoms with Crippen molar-refractivity contribution in [1.82, 2.24) is 0 Å². The van der Waals surface area contributed by atoms with Gasteiger partial charge >= 0.3 is 0 Å². The molecule has 1 nitrogen and oxygen atoms in total. The highest BCUT2D eigenvalue weighted by Crippen LogP contribution is 2.70. The highest BCUT2D eigenvalue weighted by molar-refractivity contribution is 5.24. The largest absolute Gasteiger partial charge is 0.327 e. The molecule has 19 heavy (non-hydrogen) atoms. The van der Waals surface area contributed by atoms with Crippen molar-refractivity contribution in [2.75, 3.05) is 0 Å². The third-order valence-corrected chi connectivity index (χ3v) is 6.19. The van der Waals surface area contributed by atoms with Gasteiger partial charge < -0.3 is 5.73 Å². The lowest BCUT2D eigenvalue weighted by Gasteiger charge is -2.16. The number of benzene rings is 1. The van der Waals surface area contributed by atoms with Crippen molar-refractivity contribution in [2.45, 2.75) is 45.1 Å². The van der Waals surface area contributed by atoms with Crippen LogP contribution in [-0.2, 0) is 12.8 Å². The molecule has 0 aromatic heterocycles. The highest BCUT2D eigenvalue weighted by Gasteiger charge is 2.65. The van der Waals surface area contributed by atoms with Crippen molar-refractivity contribution in [3.8, 4) is 0 Å². The Morgan fingerprint density at radius 3 is 2.21 bits per heavy atom. The first-order chi connectivity index (χ1) is 9.28. The predicted octanol–water partition coefficient (Wildman–Crippen LogP) is 3.41. The Morgan fingerprint density at radius 1 is 1.05 bits per heavy atom. The van der Waals surface area contributed by atoms with Gasteiger partial charge in [0.2, 0.25) is 0 Å². The van der Waals surface area contributed by atoms with E-state index in [0.29, 0.717) is 6.04 Å². The maximum absolute atomic E-state index is 6.52. The molecule has 0 heterocycles. The van der Waals surface area contributed by atoms with Crippen LogP contribution in [-0.4, -0.2) is 6.04 Å². The lowest BCUT2D eigenvalue weighted by Crippen LogP contribution is -2.28. The minimum atomic E-state index is 0.408. The van der Waals surface area contributed by atoms with Gasteiger partial charge in [0.15, 0.2) is 0 Å². The van der Waals surface area contributed by atoms with Gasteiger partial charge in [-0.05, 0) is 72.8 Å². The average molecular weight is 255 g/mol. The number of nitrogens with two attached hydrogens (primary N) is 1. The quantitative estimate of drug-likeness (QED) is 0.876. The second-order valence-corrected chi connectivity index (χ2v) is 7.10. The van der Waals surface area contributed by atoms with Crippen LogP contribution in [0, 0.1) is 29.6 Å². The molecule has 3 fully saturated rings. The van der Waals surface area contributed by atoms with Crippen LogP contribution in [0.15, 0.2) is 24.3 Å². The molecule has 2 N–H and O–H groups in total. The Balaban J connectivity index is 1.41. The number of rotatable bonds is 4. The van der Waals surface area contributed by atoms with Crippen LogP contribution in [0.5, 0.6) is 0 Å². The minimum Gasteiger partial charge on any atom is -0.327 e. The fourth-order valence-corrected chi connectivity index (χ4v) is 5.28. The van der Waals surface area contributed by atoms with E-state index in [9.17, 15) is 0 Å². The van der Waals surface area contributed by atoms with Gasteiger partial charge in [-0.2, -0.15) is 0 Å². The van der Waals surface area contributed by atoms with Gasteiger partial charge in [0, 0.05) is 6.04 Å². The van der Waals surface area contributed by atoms with Gasteiger partial charge in [0.1, 0.15) is 0 Å². The van der Waals surface area contributed by atoms with Crippen molar-refractivity contribution in [3.63, 3.8) is 0 Å². The molecule has 2 bridgehead atoms. The molecule has 0 saturated heterocycles. The Morgan fingerprint density at radius 2 is 1.63 bits per heavy atom. The summed E-state index contributed by atoms with van der Waals surface area (Å²) < 4.78 is 0. The van der Waals surface area contributed by atoms with Crippen LogP contribution >= 0.6 is 0 Å². The SMILES string of the molecule is CCc1ccc(CC(N)C2C3C4CCC(C4)C23)cc1. The molecule has 0 aliphatic heterocycles. The maximum Gasteiger partial charge on any atom is 0.0113 e. The third-order valence-electron chi connectivity index (χ3n) is 6.19. The summed E-state index contributed by atoms with van der Waals surface area (Å²) >= 11 is 0. The van der Waals surface area contributed by atoms with Crippen molar-refractivity contribution >= 4 is 0 Å². The topological polar surface area (TPSA) is 26.0 Å². The van der Waals surface area contributed by atoms with Crippen LogP contribution in [0.25, 0.3) is 0 Å². The van der Waals surface area contributed by atoms with Crippen LogP contribution < -0.4 is 5.73 Å². The Labute approximate surface area is 116 Å². The van der Waals surface area contributed by atoms with Crippen molar-refractivity contribution in [3.05, 3.63) is 35.4 Å². The Kier molecular flexibility index (Phi) is 2.73. The second-order valence-electron chi connectivity index (χ2n) is 7.10. The Bertz CT molecular complexity index is 447. The summed E-state index contributed by atoms with van der Waals surface area (Å²) in [6, 6.07) is 9.50. The molecular formula is C18H25N. The number of hydrogen-bond donors (Lipinski definition) is 1. The third kappa shape index (κ3) is 1.86. The molecule has 4 rings (SSSR count). The maximum atomic E-state index is 6.52. The monoisotopic (exact) mass is 255 g/mol. The van der Waals surface area contributed by atoms with Crippen molar-refractivity contribution in [2.24, 2.45) is 35.3 Å². The molecular weight excluding hydrogens is 230 g/mol. The highest BCUT2D eigenvalue weighted by atomic mass is 14.8. The van der Waals surface area contributed by atoms with E-state index >= 15 is 0 Å². The molecule has 1 aromatic rings. The van der Waals surface area contributed by atoms with Gasteiger partial charge in [0.05, 0.1) is 0 Å². The summed E-state index contributed by atoms with van der Waals surface area (Å²) in [7, 11) is 0. The first-order valence-electron chi connectivity index (χ1n) is 8.11. The van der Waals surface area contributed by atoms with Gasteiger partial charge in [0.25, 0.3) is 0 Å². The molecule has 1 aromatic carbocycles. The van der Waals surface area contributed by atoms with Crippen molar-refractivity contribution < 1.29 is 0 Å². The Hall–Kier alpha value is -0.820. The summed E-state index contributed by atoms with van der Waals surface area (Å²) in [4.78, 5) is 0. The van der Waals surface area contributed by atoms with Crippen LogP contribution in [0.4, 0.5) is 0 Å². The normalized spacial score (nSPS) is 40.2. The molecule has 5 atom stereocenters. The average Bonchev–Trinajstić information content (AvgIpc) is 2.89. The fourth-order valence-electron chi connectivity index (χ4n) is 5.28. The van der Waals surface area contributed by atoms with E-state index < -0.39 is 0 Å². The van der Waals surface area contributed by atoms with E-state index in [2.05, 4.69) is 31.2 Å². The van der Waals surface area contributed by atoms with Gasteiger partial charge in [-0.3, -0.25) is 0 Å². The van der Waals surface area contributed by atoms with Crippen LogP contribution in [0.2, 0.25) is 0 Å². The summed E-state index contributed by atoms with van der Waals surface area (Å²) in [6.45, 7) is 2.21. The molecule has 3 aliphatic carbocycles. The van der Waals surface area contributed by atoms with Crippen molar-refractivity contribution in [1.29, 1.82) is 0 Å². The summed E-state index contributed by atoms with van der Waals surface area (Å²) in [5.74, 6) is 4.99. The first-order valence-corrected chi connectivity index (χ1v) is 8.11. The number of aryl methyl sites for hydroxylation is 1. The van der Waals surface area contributed by atoms with Gasteiger partial charge in [-0.25, -0.2) is 0 Å².